The fourth-order valence-electron chi connectivity index (χ4n) is 2.98. The Kier molecular flexibility index (Phi) is 5.65. The van der Waals surface area contributed by atoms with Gasteiger partial charge in [-0.15, -0.1) is 0 Å². The molecule has 0 radical (unpaired) electrons. The monoisotopic (exact) mass is 343 g/mol. The Balaban J connectivity index is 1.60. The van der Waals surface area contributed by atoms with Crippen LogP contribution in [-0.2, 0) is 6.42 Å². The molecule has 1 aliphatic heterocycles. The summed E-state index contributed by atoms with van der Waals surface area (Å²) < 4.78 is 5.45. The molecule has 1 aromatic heterocycles. The lowest BCUT2D eigenvalue weighted by atomic mass is 9.98. The predicted octanol–water partition coefficient (Wildman–Crippen LogP) is 2.63. The van der Waals surface area contributed by atoms with Gasteiger partial charge in [-0.3, -0.25) is 0 Å². The van der Waals surface area contributed by atoms with Gasteiger partial charge in [-0.1, -0.05) is 23.4 Å². The van der Waals surface area contributed by atoms with Gasteiger partial charge in [0.15, 0.2) is 5.82 Å². The van der Waals surface area contributed by atoms with Gasteiger partial charge in [0.1, 0.15) is 0 Å². The van der Waals surface area contributed by atoms with Crippen LogP contribution >= 0.6 is 0 Å². The molecular weight excluding hydrogens is 318 g/mol. The maximum Gasteiger partial charge on any atom is 0.321 e. The number of benzene rings is 1. The number of likely N-dealkylation sites (tertiary alicyclic amines) is 1. The highest BCUT2D eigenvalue weighted by Crippen LogP contribution is 2.26. The molecule has 0 aliphatic carbocycles. The number of urea groups is 1. The van der Waals surface area contributed by atoms with Gasteiger partial charge < -0.3 is 20.1 Å². The normalized spacial score (nSPS) is 18.8. The zero-order valence-electron chi connectivity index (χ0n) is 14.7. The molecule has 1 fully saturated rings. The van der Waals surface area contributed by atoms with E-state index in [0.717, 1.165) is 31.5 Å². The lowest BCUT2D eigenvalue weighted by Gasteiger charge is -2.31. The standard InChI is InChI=1S/C18H25N5O2/c1-13(19-2)11-16-21-17(25-22-16)14-7-6-10-23(12-14)18(24)20-15-8-4-3-5-9-15/h3-5,8-9,13-14,19H,6-7,10-12H2,1-2H3,(H,20,24). The van der Waals surface area contributed by atoms with Gasteiger partial charge in [0.2, 0.25) is 5.89 Å². The summed E-state index contributed by atoms with van der Waals surface area (Å²) in [4.78, 5) is 18.8. The Bertz CT molecular complexity index is 688. The second kappa shape index (κ2) is 8.11. The third kappa shape index (κ3) is 4.57. The van der Waals surface area contributed by atoms with Crippen LogP contribution in [0.1, 0.15) is 37.4 Å². The summed E-state index contributed by atoms with van der Waals surface area (Å²) in [5.74, 6) is 1.44. The van der Waals surface area contributed by atoms with Crippen molar-refractivity contribution in [2.45, 2.75) is 38.1 Å². The van der Waals surface area contributed by atoms with Crippen molar-refractivity contribution >= 4 is 11.7 Å². The highest BCUT2D eigenvalue weighted by atomic mass is 16.5. The molecule has 2 N–H and O–H groups in total. The van der Waals surface area contributed by atoms with Gasteiger partial charge in [0.05, 0.1) is 5.92 Å². The first kappa shape index (κ1) is 17.4. The fraction of sp³-hybridized carbons (Fsp3) is 0.500. The van der Waals surface area contributed by atoms with E-state index in [1.54, 1.807) is 0 Å². The number of hydrogen-bond donors (Lipinski definition) is 2. The van der Waals surface area contributed by atoms with E-state index in [0.29, 0.717) is 24.3 Å². The Morgan fingerprint density at radius 2 is 2.20 bits per heavy atom. The molecule has 2 heterocycles. The minimum Gasteiger partial charge on any atom is -0.339 e. The number of rotatable bonds is 5. The largest absolute Gasteiger partial charge is 0.339 e. The van der Waals surface area contributed by atoms with Gasteiger partial charge in [0, 0.05) is 31.2 Å². The quantitative estimate of drug-likeness (QED) is 0.872. The molecule has 2 amide bonds. The van der Waals surface area contributed by atoms with Crippen LogP contribution in [-0.4, -0.2) is 47.3 Å². The molecule has 0 saturated carbocycles. The smallest absolute Gasteiger partial charge is 0.321 e. The third-order valence-electron chi connectivity index (χ3n) is 4.55. The maximum atomic E-state index is 12.5. The molecule has 7 heteroatoms. The van der Waals surface area contributed by atoms with Crippen LogP contribution in [0.2, 0.25) is 0 Å². The summed E-state index contributed by atoms with van der Waals surface area (Å²) in [7, 11) is 1.91. The number of nitrogens with zero attached hydrogens (tertiary/aromatic N) is 3. The van der Waals surface area contributed by atoms with Crippen molar-refractivity contribution < 1.29 is 9.32 Å². The Morgan fingerprint density at radius 1 is 1.40 bits per heavy atom. The average molecular weight is 343 g/mol. The highest BCUT2D eigenvalue weighted by Gasteiger charge is 2.28. The van der Waals surface area contributed by atoms with E-state index < -0.39 is 0 Å². The lowest BCUT2D eigenvalue weighted by Crippen LogP contribution is -2.41. The van der Waals surface area contributed by atoms with Crippen LogP contribution in [0.25, 0.3) is 0 Å². The lowest BCUT2D eigenvalue weighted by molar-refractivity contribution is 0.184. The molecule has 1 saturated heterocycles. The van der Waals surface area contributed by atoms with Crippen LogP contribution in [0.15, 0.2) is 34.9 Å². The van der Waals surface area contributed by atoms with Gasteiger partial charge in [-0.05, 0) is 38.9 Å². The molecule has 2 aromatic rings. The van der Waals surface area contributed by atoms with E-state index in [9.17, 15) is 4.79 Å². The second-order valence-electron chi connectivity index (χ2n) is 6.52. The molecule has 7 nitrogen and oxygen atoms in total. The average Bonchev–Trinajstić information content (AvgIpc) is 3.11. The maximum absolute atomic E-state index is 12.5. The summed E-state index contributed by atoms with van der Waals surface area (Å²) in [6.07, 6.45) is 2.61. The van der Waals surface area contributed by atoms with Crippen LogP contribution in [0.5, 0.6) is 0 Å². The molecule has 0 spiro atoms. The van der Waals surface area contributed by atoms with Crippen molar-refractivity contribution in [1.29, 1.82) is 0 Å². The zero-order valence-corrected chi connectivity index (χ0v) is 14.7. The molecule has 3 rings (SSSR count). The Morgan fingerprint density at radius 3 is 2.96 bits per heavy atom. The summed E-state index contributed by atoms with van der Waals surface area (Å²) in [6, 6.07) is 9.71. The van der Waals surface area contributed by atoms with Gasteiger partial charge in [0.25, 0.3) is 0 Å². The first-order valence-electron chi connectivity index (χ1n) is 8.76. The van der Waals surface area contributed by atoms with Gasteiger partial charge in [-0.25, -0.2) is 4.79 Å². The third-order valence-corrected chi connectivity index (χ3v) is 4.55. The molecule has 25 heavy (non-hydrogen) atoms. The number of para-hydroxylation sites is 1. The van der Waals surface area contributed by atoms with E-state index in [-0.39, 0.29) is 11.9 Å². The van der Waals surface area contributed by atoms with Crippen molar-refractivity contribution in [3.05, 3.63) is 42.0 Å². The molecule has 134 valence electrons. The molecule has 0 bridgehead atoms. The number of hydrogen-bond acceptors (Lipinski definition) is 5. The van der Waals surface area contributed by atoms with E-state index in [4.69, 9.17) is 4.52 Å². The number of piperidine rings is 1. The number of nitrogens with one attached hydrogen (secondary N) is 2. The van der Waals surface area contributed by atoms with Crippen molar-refractivity contribution in [3.63, 3.8) is 0 Å². The van der Waals surface area contributed by atoms with Crippen LogP contribution in [0.3, 0.4) is 0 Å². The van der Waals surface area contributed by atoms with Gasteiger partial charge in [-0.2, -0.15) is 4.98 Å². The van der Waals surface area contributed by atoms with Crippen molar-refractivity contribution in [2.75, 3.05) is 25.5 Å². The van der Waals surface area contributed by atoms with E-state index in [1.807, 2.05) is 42.3 Å². The van der Waals surface area contributed by atoms with Crippen LogP contribution in [0.4, 0.5) is 10.5 Å². The van der Waals surface area contributed by atoms with Crippen LogP contribution < -0.4 is 10.6 Å². The summed E-state index contributed by atoms with van der Waals surface area (Å²) in [6.45, 7) is 3.42. The first-order valence-corrected chi connectivity index (χ1v) is 8.76. The minimum absolute atomic E-state index is 0.0838. The minimum atomic E-state index is -0.0838. The highest BCUT2D eigenvalue weighted by molar-refractivity contribution is 5.89. The Hall–Kier alpha value is -2.41. The van der Waals surface area contributed by atoms with E-state index in [2.05, 4.69) is 27.7 Å². The summed E-state index contributed by atoms with van der Waals surface area (Å²) >= 11 is 0. The first-order chi connectivity index (χ1) is 12.2. The van der Waals surface area contributed by atoms with Crippen molar-refractivity contribution in [2.24, 2.45) is 0 Å². The summed E-state index contributed by atoms with van der Waals surface area (Å²) in [5.41, 5.74) is 0.802. The Labute approximate surface area is 147 Å². The topological polar surface area (TPSA) is 83.3 Å². The predicted molar refractivity (Wildman–Crippen MR) is 95.5 cm³/mol. The van der Waals surface area contributed by atoms with Gasteiger partial charge >= 0.3 is 6.03 Å². The van der Waals surface area contributed by atoms with Crippen molar-refractivity contribution in [1.82, 2.24) is 20.4 Å². The van der Waals surface area contributed by atoms with E-state index >= 15 is 0 Å². The van der Waals surface area contributed by atoms with Crippen molar-refractivity contribution in [3.8, 4) is 0 Å². The molecular formula is C18H25N5O2. The fourth-order valence-corrected chi connectivity index (χ4v) is 2.98. The second-order valence-corrected chi connectivity index (χ2v) is 6.52. The number of carbonyl (C=O) groups is 1. The number of carbonyl (C=O) groups excluding carboxylic acids is 1. The number of anilines is 1. The number of amides is 2. The molecule has 2 unspecified atom stereocenters. The molecule has 1 aliphatic rings. The number of likely N-dealkylation sites (N-methyl/N-ethyl adjacent to an activating group) is 1. The number of aromatic nitrogens is 2. The van der Waals surface area contributed by atoms with E-state index in [1.165, 1.54) is 0 Å². The molecule has 2 atom stereocenters. The zero-order chi connectivity index (χ0) is 17.6. The SMILES string of the molecule is CNC(C)Cc1noc(C2CCCN(C(=O)Nc3ccccc3)C2)n1. The van der Waals surface area contributed by atoms with Crippen LogP contribution in [0, 0.1) is 0 Å². The molecule has 1 aromatic carbocycles. The summed E-state index contributed by atoms with van der Waals surface area (Å²) in [5, 5.41) is 10.2.